The number of aliphatic hydroxyl groups excluding tert-OH is 1. The summed E-state index contributed by atoms with van der Waals surface area (Å²) in [5.41, 5.74) is 0.151. The molecule has 0 aliphatic carbocycles. The molecular weight excluding hydrogens is 370 g/mol. The zero-order chi connectivity index (χ0) is 21.1. The molecule has 3 N–H and O–H groups in total. The van der Waals surface area contributed by atoms with E-state index in [9.17, 15) is 14.7 Å². The van der Waals surface area contributed by atoms with Crippen LogP contribution in [0.3, 0.4) is 0 Å². The van der Waals surface area contributed by atoms with Gasteiger partial charge in [-0.2, -0.15) is 0 Å². The number of nitrogens with zero attached hydrogens (tertiary/aromatic N) is 1. The first-order chi connectivity index (χ1) is 13.7. The van der Waals surface area contributed by atoms with Gasteiger partial charge in [-0.1, -0.05) is 12.1 Å². The molecule has 1 aromatic carbocycles. The number of carbonyl (C=O) groups is 2. The highest BCUT2D eigenvalue weighted by atomic mass is 16.5. The molecule has 0 radical (unpaired) electrons. The van der Waals surface area contributed by atoms with Crippen LogP contribution < -0.4 is 15.4 Å². The highest BCUT2D eigenvalue weighted by molar-refractivity contribution is 5.84. The van der Waals surface area contributed by atoms with E-state index < -0.39 is 11.5 Å². The molecule has 0 unspecified atom stereocenters. The van der Waals surface area contributed by atoms with Crippen molar-refractivity contribution in [2.24, 2.45) is 5.41 Å². The topological polar surface area (TPSA) is 90.9 Å². The summed E-state index contributed by atoms with van der Waals surface area (Å²) in [6.45, 7) is 8.53. The Morgan fingerprint density at radius 2 is 2.07 bits per heavy atom. The van der Waals surface area contributed by atoms with Crippen LogP contribution in [0.1, 0.15) is 45.6 Å². The van der Waals surface area contributed by atoms with Crippen molar-refractivity contribution in [3.63, 3.8) is 0 Å². The summed E-state index contributed by atoms with van der Waals surface area (Å²) in [5, 5.41) is 16.3. The fourth-order valence-corrected chi connectivity index (χ4v) is 4.22. The first kappa shape index (κ1) is 21.6. The number of aliphatic hydroxyl groups is 1. The lowest BCUT2D eigenvalue weighted by Gasteiger charge is -2.47. The SMILES string of the molecule is CC(C)(C)NC(=O)COc1ccc(CN2CC[C@@H](O)[C@@]3(CCCNC3=O)C2)cc1. The molecule has 29 heavy (non-hydrogen) atoms. The summed E-state index contributed by atoms with van der Waals surface area (Å²) in [6.07, 6.45) is 1.68. The van der Waals surface area contributed by atoms with Gasteiger partial charge in [0.15, 0.2) is 6.61 Å². The molecular formula is C22H33N3O4. The Labute approximate surface area is 172 Å². The predicted octanol–water partition coefficient (Wildman–Crippen LogP) is 1.44. The number of hydrogen-bond acceptors (Lipinski definition) is 5. The van der Waals surface area contributed by atoms with Gasteiger partial charge in [-0.15, -0.1) is 0 Å². The summed E-state index contributed by atoms with van der Waals surface area (Å²) in [7, 11) is 0. The molecule has 2 heterocycles. The zero-order valence-corrected chi connectivity index (χ0v) is 17.7. The van der Waals surface area contributed by atoms with E-state index in [0.29, 0.717) is 31.8 Å². The number of likely N-dealkylation sites (tertiary alicyclic amines) is 1. The predicted molar refractivity (Wildman–Crippen MR) is 110 cm³/mol. The van der Waals surface area contributed by atoms with Crippen LogP contribution in [0.15, 0.2) is 24.3 Å². The molecule has 160 valence electrons. The van der Waals surface area contributed by atoms with E-state index in [1.54, 1.807) is 0 Å². The van der Waals surface area contributed by atoms with Crippen LogP contribution in [-0.4, -0.2) is 59.7 Å². The number of carbonyl (C=O) groups excluding carboxylic acids is 2. The minimum absolute atomic E-state index is 0.0155. The Morgan fingerprint density at radius 1 is 1.34 bits per heavy atom. The van der Waals surface area contributed by atoms with Gasteiger partial charge in [0, 0.05) is 31.7 Å². The molecule has 0 aromatic heterocycles. The molecule has 7 nitrogen and oxygen atoms in total. The smallest absolute Gasteiger partial charge is 0.258 e. The lowest BCUT2D eigenvalue weighted by Crippen LogP contribution is -2.61. The second kappa shape index (κ2) is 8.71. The van der Waals surface area contributed by atoms with Crippen LogP contribution in [-0.2, 0) is 16.1 Å². The molecule has 2 fully saturated rings. The van der Waals surface area contributed by atoms with Crippen LogP contribution in [0.4, 0.5) is 0 Å². The molecule has 2 saturated heterocycles. The van der Waals surface area contributed by atoms with Gasteiger partial charge in [0.2, 0.25) is 5.91 Å². The Hall–Kier alpha value is -2.12. The fourth-order valence-electron chi connectivity index (χ4n) is 4.22. The van der Waals surface area contributed by atoms with Gasteiger partial charge in [0.25, 0.3) is 5.91 Å². The van der Waals surface area contributed by atoms with Crippen molar-refractivity contribution in [3.05, 3.63) is 29.8 Å². The summed E-state index contributed by atoms with van der Waals surface area (Å²) in [5.74, 6) is 0.484. The molecule has 2 atom stereocenters. The highest BCUT2D eigenvalue weighted by Gasteiger charge is 2.49. The van der Waals surface area contributed by atoms with E-state index in [0.717, 1.165) is 24.9 Å². The van der Waals surface area contributed by atoms with Gasteiger partial charge in [-0.05, 0) is 57.7 Å². The van der Waals surface area contributed by atoms with Crippen molar-refractivity contribution in [3.8, 4) is 5.75 Å². The van der Waals surface area contributed by atoms with E-state index in [2.05, 4.69) is 15.5 Å². The molecule has 2 aliphatic rings. The quantitative estimate of drug-likeness (QED) is 0.692. The average Bonchev–Trinajstić information content (AvgIpc) is 2.65. The van der Waals surface area contributed by atoms with Gasteiger partial charge < -0.3 is 20.5 Å². The third-order valence-corrected chi connectivity index (χ3v) is 5.61. The monoisotopic (exact) mass is 403 g/mol. The molecule has 0 bridgehead atoms. The van der Waals surface area contributed by atoms with Gasteiger partial charge >= 0.3 is 0 Å². The third-order valence-electron chi connectivity index (χ3n) is 5.61. The Balaban J connectivity index is 1.54. The van der Waals surface area contributed by atoms with Gasteiger partial charge in [0.1, 0.15) is 5.75 Å². The average molecular weight is 404 g/mol. The van der Waals surface area contributed by atoms with Crippen molar-refractivity contribution >= 4 is 11.8 Å². The number of amides is 2. The summed E-state index contributed by atoms with van der Waals surface area (Å²) in [6, 6.07) is 7.69. The van der Waals surface area contributed by atoms with E-state index in [4.69, 9.17) is 4.74 Å². The van der Waals surface area contributed by atoms with E-state index in [-0.39, 0.29) is 24.0 Å². The van der Waals surface area contributed by atoms with E-state index >= 15 is 0 Å². The highest BCUT2D eigenvalue weighted by Crippen LogP contribution is 2.37. The normalized spacial score (nSPS) is 25.5. The summed E-state index contributed by atoms with van der Waals surface area (Å²) >= 11 is 0. The summed E-state index contributed by atoms with van der Waals surface area (Å²) < 4.78 is 5.57. The Kier molecular flexibility index (Phi) is 6.49. The molecule has 1 aromatic rings. The molecule has 2 aliphatic heterocycles. The van der Waals surface area contributed by atoms with E-state index in [1.165, 1.54) is 0 Å². The lowest BCUT2D eigenvalue weighted by molar-refractivity contribution is -0.149. The van der Waals surface area contributed by atoms with Crippen LogP contribution in [0.25, 0.3) is 0 Å². The Morgan fingerprint density at radius 3 is 2.72 bits per heavy atom. The number of benzene rings is 1. The van der Waals surface area contributed by atoms with Crippen molar-refractivity contribution in [2.45, 2.75) is 58.2 Å². The summed E-state index contributed by atoms with van der Waals surface area (Å²) in [4.78, 5) is 26.6. The fraction of sp³-hybridized carbons (Fsp3) is 0.636. The number of ether oxygens (including phenoxy) is 1. The Bertz CT molecular complexity index is 729. The zero-order valence-electron chi connectivity index (χ0n) is 17.7. The maximum atomic E-state index is 12.5. The maximum Gasteiger partial charge on any atom is 0.258 e. The number of rotatable bonds is 5. The van der Waals surface area contributed by atoms with Gasteiger partial charge in [0.05, 0.1) is 11.5 Å². The van der Waals surface area contributed by atoms with Crippen LogP contribution in [0.2, 0.25) is 0 Å². The molecule has 1 spiro atoms. The van der Waals surface area contributed by atoms with Gasteiger partial charge in [-0.25, -0.2) is 0 Å². The van der Waals surface area contributed by atoms with Crippen LogP contribution in [0, 0.1) is 5.41 Å². The van der Waals surface area contributed by atoms with Crippen molar-refractivity contribution in [2.75, 3.05) is 26.2 Å². The molecule has 2 amide bonds. The standard InChI is InChI=1S/C22H33N3O4/c1-21(2,3)24-19(27)14-29-17-7-5-16(6-8-17)13-25-12-9-18(26)22(15-25)10-4-11-23-20(22)28/h5-8,18,26H,4,9-15H2,1-3H3,(H,23,28)(H,24,27)/t18-,22-/m1/s1. The number of piperidine rings is 2. The van der Waals surface area contributed by atoms with Crippen LogP contribution in [0.5, 0.6) is 5.75 Å². The molecule has 0 saturated carbocycles. The van der Waals surface area contributed by atoms with Gasteiger partial charge in [-0.3, -0.25) is 14.5 Å². The second-order valence-electron chi connectivity index (χ2n) is 9.26. The maximum absolute atomic E-state index is 12.5. The van der Waals surface area contributed by atoms with E-state index in [1.807, 2.05) is 45.0 Å². The minimum Gasteiger partial charge on any atom is -0.484 e. The first-order valence-electron chi connectivity index (χ1n) is 10.4. The largest absolute Gasteiger partial charge is 0.484 e. The third kappa shape index (κ3) is 5.48. The lowest BCUT2D eigenvalue weighted by atomic mass is 9.71. The second-order valence-corrected chi connectivity index (χ2v) is 9.26. The number of nitrogens with one attached hydrogen (secondary N) is 2. The number of hydrogen-bond donors (Lipinski definition) is 3. The van der Waals surface area contributed by atoms with Crippen molar-refractivity contribution < 1.29 is 19.4 Å². The molecule has 7 heteroatoms. The van der Waals surface area contributed by atoms with Crippen molar-refractivity contribution in [1.82, 2.24) is 15.5 Å². The van der Waals surface area contributed by atoms with Crippen LogP contribution >= 0.6 is 0 Å². The molecule has 3 rings (SSSR count). The first-order valence-corrected chi connectivity index (χ1v) is 10.4. The minimum atomic E-state index is -0.681. The van der Waals surface area contributed by atoms with Crippen molar-refractivity contribution in [1.29, 1.82) is 0 Å².